The number of nitrogens with zero attached hydrogens (tertiary/aromatic N) is 3. The molecule has 2 unspecified atom stereocenters. The predicted octanol–water partition coefficient (Wildman–Crippen LogP) is 4.70. The fraction of sp³-hybridized carbons (Fsp3) is 0.500. The molecule has 2 atom stereocenters. The van der Waals surface area contributed by atoms with Crippen molar-refractivity contribution >= 4 is 27.8 Å². The summed E-state index contributed by atoms with van der Waals surface area (Å²) in [4.78, 5) is 20.9. The van der Waals surface area contributed by atoms with Gasteiger partial charge in [-0.3, -0.25) is 4.79 Å². The Hall–Kier alpha value is -2.69. The van der Waals surface area contributed by atoms with E-state index in [2.05, 4.69) is 9.97 Å². The van der Waals surface area contributed by atoms with Crippen LogP contribution in [0.4, 0.5) is 10.3 Å². The van der Waals surface area contributed by atoms with Crippen molar-refractivity contribution in [2.45, 2.75) is 71.4 Å². The number of carbonyl (C=O) groups is 1. The van der Waals surface area contributed by atoms with Crippen molar-refractivity contribution in [3.05, 3.63) is 47.4 Å². The molecule has 1 aliphatic rings. The first-order valence-corrected chi connectivity index (χ1v) is 13.7. The van der Waals surface area contributed by atoms with Gasteiger partial charge in [0.25, 0.3) is 0 Å². The van der Waals surface area contributed by atoms with Crippen molar-refractivity contribution < 1.29 is 27.1 Å². The zero-order chi connectivity index (χ0) is 26.8. The predicted molar refractivity (Wildman–Crippen MR) is 138 cm³/mol. The van der Waals surface area contributed by atoms with Crippen LogP contribution in [0.15, 0.2) is 30.3 Å². The van der Waals surface area contributed by atoms with E-state index in [0.29, 0.717) is 35.4 Å². The second-order valence-electron chi connectivity index (χ2n) is 9.86. The molecule has 0 bridgehead atoms. The van der Waals surface area contributed by atoms with Crippen LogP contribution in [0.5, 0.6) is 0 Å². The topological polar surface area (TPSA) is 98.7 Å². The monoisotopic (exact) mass is 519 g/mol. The molecule has 1 aromatic heterocycles. The van der Waals surface area contributed by atoms with Gasteiger partial charge in [0.15, 0.2) is 5.79 Å². The molecule has 0 aliphatic carbocycles. The molecule has 0 saturated carbocycles. The highest BCUT2D eigenvalue weighted by Crippen LogP contribution is 2.33. The molecular formula is C26H34FN3O5S. The fourth-order valence-electron chi connectivity index (χ4n) is 4.11. The van der Waals surface area contributed by atoms with Crippen LogP contribution in [-0.4, -0.2) is 55.5 Å². The van der Waals surface area contributed by atoms with Crippen molar-refractivity contribution in [2.75, 3.05) is 17.6 Å². The minimum Gasteiger partial charge on any atom is -0.347 e. The maximum absolute atomic E-state index is 13.7. The van der Waals surface area contributed by atoms with Gasteiger partial charge in [-0.1, -0.05) is 26.0 Å². The maximum atomic E-state index is 13.7. The van der Waals surface area contributed by atoms with Crippen LogP contribution in [0.25, 0.3) is 17.3 Å². The zero-order valence-corrected chi connectivity index (χ0v) is 22.6. The number of aromatic nitrogens is 2. The molecule has 8 nitrogen and oxygen atoms in total. The number of benzene rings is 1. The number of ether oxygens (including phenoxy) is 2. The Labute approximate surface area is 212 Å². The Bertz CT molecular complexity index is 1240. The number of carbonyl (C=O) groups excluding carboxylic acids is 1. The number of rotatable bonds is 8. The number of Topliss-reactive ketones (excluding diaryl/α,β-unsaturated/α-hetero) is 1. The second-order valence-corrected chi connectivity index (χ2v) is 11.9. The first kappa shape index (κ1) is 27.9. The molecule has 0 amide bonds. The van der Waals surface area contributed by atoms with Crippen molar-refractivity contribution in [3.63, 3.8) is 0 Å². The Balaban J connectivity index is 2.13. The molecule has 10 heteroatoms. The average Bonchev–Trinajstić information content (AvgIpc) is 2.75. The summed E-state index contributed by atoms with van der Waals surface area (Å²) in [6.07, 6.45) is 5.01. The lowest BCUT2D eigenvalue weighted by Crippen LogP contribution is -2.44. The van der Waals surface area contributed by atoms with Gasteiger partial charge < -0.3 is 9.47 Å². The summed E-state index contributed by atoms with van der Waals surface area (Å²) >= 11 is 0. The van der Waals surface area contributed by atoms with Gasteiger partial charge >= 0.3 is 0 Å². The number of hydrogen-bond acceptors (Lipinski definition) is 7. The van der Waals surface area contributed by atoms with Gasteiger partial charge in [-0.15, -0.1) is 0 Å². The van der Waals surface area contributed by atoms with Gasteiger partial charge in [0.1, 0.15) is 11.6 Å². The van der Waals surface area contributed by atoms with Crippen molar-refractivity contribution in [1.29, 1.82) is 0 Å². The van der Waals surface area contributed by atoms with E-state index in [1.807, 2.05) is 39.8 Å². The quantitative estimate of drug-likeness (QED) is 0.498. The maximum Gasteiger partial charge on any atom is 0.239 e. The number of anilines is 1. The van der Waals surface area contributed by atoms with E-state index in [0.717, 1.165) is 10.6 Å². The van der Waals surface area contributed by atoms with Gasteiger partial charge in [0, 0.05) is 31.0 Å². The molecule has 1 fully saturated rings. The van der Waals surface area contributed by atoms with Crippen LogP contribution in [0.3, 0.4) is 0 Å². The summed E-state index contributed by atoms with van der Waals surface area (Å²) in [6, 6.07) is 5.85. The molecule has 0 N–H and O–H groups in total. The molecule has 3 rings (SSSR count). The Morgan fingerprint density at radius 1 is 1.22 bits per heavy atom. The highest BCUT2D eigenvalue weighted by molar-refractivity contribution is 7.92. The Kier molecular flexibility index (Phi) is 8.32. The molecule has 0 radical (unpaired) electrons. The summed E-state index contributed by atoms with van der Waals surface area (Å²) in [5.41, 5.74) is 2.41. The SMILES string of the molecule is CC(=O)CC1CC(/C=C/c2c(-c3ccc(F)cc3)nc(N(C)S(C)(=O)=O)nc2C(C)C)OC(C)(C)O1. The molecule has 2 heterocycles. The lowest BCUT2D eigenvalue weighted by atomic mass is 9.96. The van der Waals surface area contributed by atoms with Gasteiger partial charge in [-0.25, -0.2) is 27.1 Å². The van der Waals surface area contributed by atoms with Crippen LogP contribution >= 0.6 is 0 Å². The minimum atomic E-state index is -3.61. The van der Waals surface area contributed by atoms with Gasteiger partial charge in [0.05, 0.1) is 29.9 Å². The second kappa shape index (κ2) is 10.7. The zero-order valence-electron chi connectivity index (χ0n) is 21.8. The van der Waals surface area contributed by atoms with Crippen LogP contribution in [0, 0.1) is 5.82 Å². The Morgan fingerprint density at radius 3 is 2.42 bits per heavy atom. The summed E-state index contributed by atoms with van der Waals surface area (Å²) in [5.74, 6) is -1.26. The van der Waals surface area contributed by atoms with Crippen LogP contribution in [0.2, 0.25) is 0 Å². The number of hydrogen-bond donors (Lipinski definition) is 0. The third-order valence-electron chi connectivity index (χ3n) is 5.78. The number of halogens is 1. The van der Waals surface area contributed by atoms with Crippen LogP contribution < -0.4 is 4.31 Å². The largest absolute Gasteiger partial charge is 0.347 e. The molecule has 1 aromatic carbocycles. The van der Waals surface area contributed by atoms with E-state index in [1.165, 1.54) is 26.1 Å². The number of sulfonamides is 1. The van der Waals surface area contributed by atoms with Gasteiger partial charge in [-0.05, 0) is 51.0 Å². The molecule has 2 aromatic rings. The Morgan fingerprint density at radius 2 is 1.86 bits per heavy atom. The number of ketones is 1. The third-order valence-corrected chi connectivity index (χ3v) is 6.94. The van der Waals surface area contributed by atoms with E-state index >= 15 is 0 Å². The summed E-state index contributed by atoms with van der Waals surface area (Å²) in [7, 11) is -2.21. The smallest absolute Gasteiger partial charge is 0.239 e. The van der Waals surface area contributed by atoms with Crippen molar-refractivity contribution in [1.82, 2.24) is 9.97 Å². The molecule has 1 saturated heterocycles. The van der Waals surface area contributed by atoms with E-state index in [4.69, 9.17) is 9.47 Å². The summed E-state index contributed by atoms with van der Waals surface area (Å²) in [5, 5.41) is 0. The highest BCUT2D eigenvalue weighted by atomic mass is 32.2. The fourth-order valence-corrected chi connectivity index (χ4v) is 4.49. The molecular weight excluding hydrogens is 485 g/mol. The lowest BCUT2D eigenvalue weighted by molar-refractivity contribution is -0.289. The van der Waals surface area contributed by atoms with Crippen LogP contribution in [-0.2, 0) is 24.3 Å². The van der Waals surface area contributed by atoms with Crippen molar-refractivity contribution in [3.8, 4) is 11.3 Å². The highest BCUT2D eigenvalue weighted by Gasteiger charge is 2.35. The molecule has 0 spiro atoms. The van der Waals surface area contributed by atoms with Crippen molar-refractivity contribution in [2.24, 2.45) is 0 Å². The summed E-state index contributed by atoms with van der Waals surface area (Å²) < 4.78 is 51.1. The molecule has 1 aliphatic heterocycles. The van der Waals surface area contributed by atoms with Gasteiger partial charge in [-0.2, -0.15) is 0 Å². The molecule has 36 heavy (non-hydrogen) atoms. The first-order chi connectivity index (χ1) is 16.7. The van der Waals surface area contributed by atoms with E-state index < -0.39 is 21.6 Å². The van der Waals surface area contributed by atoms with Crippen LogP contribution in [0.1, 0.15) is 64.6 Å². The standard InChI is InChI=1S/C26H34FN3O5S/c1-16(2)23-22(13-12-20-15-21(14-17(3)31)35-26(4,5)34-20)24(18-8-10-19(27)11-9-18)29-25(28-23)30(6)36(7,32)33/h8-13,16,20-21H,14-15H2,1-7H3/b13-12+. The summed E-state index contributed by atoms with van der Waals surface area (Å²) in [6.45, 7) is 9.06. The molecule has 196 valence electrons. The average molecular weight is 520 g/mol. The van der Waals surface area contributed by atoms with E-state index in [1.54, 1.807) is 12.1 Å². The van der Waals surface area contributed by atoms with Gasteiger partial charge in [0.2, 0.25) is 16.0 Å². The minimum absolute atomic E-state index is 0.0302. The first-order valence-electron chi connectivity index (χ1n) is 11.8. The van der Waals surface area contributed by atoms with E-state index in [9.17, 15) is 17.6 Å². The van der Waals surface area contributed by atoms with E-state index in [-0.39, 0.29) is 29.9 Å². The third kappa shape index (κ3) is 6.96. The normalized spacial score (nSPS) is 20.1. The lowest BCUT2D eigenvalue weighted by Gasteiger charge is -2.39.